The number of aromatic nitrogens is 2. The Morgan fingerprint density at radius 2 is 2.07 bits per heavy atom. The Balaban J connectivity index is 2.07. The molecule has 0 spiro atoms. The van der Waals surface area contributed by atoms with Crippen molar-refractivity contribution in [1.29, 1.82) is 0 Å². The van der Waals surface area contributed by atoms with Crippen LogP contribution in [-0.2, 0) is 11.3 Å². The van der Waals surface area contributed by atoms with Gasteiger partial charge in [0.15, 0.2) is 0 Å². The summed E-state index contributed by atoms with van der Waals surface area (Å²) in [5.74, 6) is 0.523. The van der Waals surface area contributed by atoms with Crippen molar-refractivity contribution in [2.75, 3.05) is 6.54 Å². The molecule has 1 amide bonds. The van der Waals surface area contributed by atoms with Crippen LogP contribution in [0.2, 0.25) is 5.02 Å². The van der Waals surface area contributed by atoms with Crippen molar-refractivity contribution in [3.8, 4) is 0 Å². The number of hydrogen-bond acceptors (Lipinski definition) is 5. The van der Waals surface area contributed by atoms with Crippen molar-refractivity contribution in [3.05, 3.63) is 39.4 Å². The maximum atomic E-state index is 12.9. The van der Waals surface area contributed by atoms with Gasteiger partial charge >= 0.3 is 6.09 Å². The molecule has 0 radical (unpaired) electrons. The van der Waals surface area contributed by atoms with Gasteiger partial charge in [-0.15, -0.1) is 0 Å². The summed E-state index contributed by atoms with van der Waals surface area (Å²) in [6.07, 6.45) is 0.910. The topological polar surface area (TPSA) is 99.2 Å². The number of rotatable bonds is 6. The summed E-state index contributed by atoms with van der Waals surface area (Å²) in [7, 11) is 0. The third kappa shape index (κ3) is 5.68. The molecule has 0 saturated heterocycles. The van der Waals surface area contributed by atoms with E-state index in [1.165, 1.54) is 0 Å². The highest BCUT2D eigenvalue weighted by molar-refractivity contribution is 6.35. The minimum atomic E-state index is -0.528. The first kappa shape index (κ1) is 21.2. The molecule has 1 aromatic heterocycles. The highest BCUT2D eigenvalue weighted by atomic mass is 35.5. The number of carbonyl (C=O) groups excluding carboxylic acids is 1. The molecule has 3 N–H and O–H groups in total. The molecule has 7 nitrogen and oxygen atoms in total. The number of carbonyl (C=O) groups is 1. The SMILES string of the molecule is C[C@H](N)c1nc2cccc(Cl)c2c(=O)n1CCCCNC(=O)OC(C)(C)C. The largest absolute Gasteiger partial charge is 0.444 e. The van der Waals surface area contributed by atoms with E-state index in [-0.39, 0.29) is 11.6 Å². The van der Waals surface area contributed by atoms with Crippen LogP contribution in [0.1, 0.15) is 52.4 Å². The minimum Gasteiger partial charge on any atom is -0.444 e. The normalized spacial score (nSPS) is 12.8. The zero-order valence-electron chi connectivity index (χ0n) is 16.2. The van der Waals surface area contributed by atoms with Gasteiger partial charge < -0.3 is 15.8 Å². The van der Waals surface area contributed by atoms with Crippen molar-refractivity contribution in [3.63, 3.8) is 0 Å². The molecular weight excluding hydrogens is 368 g/mol. The molecule has 0 aliphatic heterocycles. The van der Waals surface area contributed by atoms with Crippen LogP contribution in [-0.4, -0.2) is 27.8 Å². The summed E-state index contributed by atoms with van der Waals surface area (Å²) in [6.45, 7) is 8.13. The second kappa shape index (κ2) is 8.71. The van der Waals surface area contributed by atoms with Gasteiger partial charge in [-0.05, 0) is 52.7 Å². The number of nitrogens with one attached hydrogen (secondary N) is 1. The van der Waals surface area contributed by atoms with E-state index in [1.807, 2.05) is 20.8 Å². The Bertz CT molecular complexity index is 872. The quantitative estimate of drug-likeness (QED) is 0.731. The summed E-state index contributed by atoms with van der Waals surface area (Å²) in [5, 5.41) is 3.48. The number of nitrogens with zero attached hydrogens (tertiary/aromatic N) is 2. The molecule has 1 heterocycles. The molecule has 2 rings (SSSR count). The molecule has 0 unspecified atom stereocenters. The van der Waals surface area contributed by atoms with Crippen LogP contribution in [0.15, 0.2) is 23.0 Å². The lowest BCUT2D eigenvalue weighted by molar-refractivity contribution is 0.0527. The van der Waals surface area contributed by atoms with Crippen molar-refractivity contribution < 1.29 is 9.53 Å². The first-order valence-electron chi connectivity index (χ1n) is 9.01. The molecule has 0 bridgehead atoms. The zero-order chi connectivity index (χ0) is 20.2. The highest BCUT2D eigenvalue weighted by Gasteiger charge is 2.17. The first-order valence-corrected chi connectivity index (χ1v) is 9.39. The minimum absolute atomic E-state index is 0.196. The molecule has 0 aliphatic rings. The van der Waals surface area contributed by atoms with Gasteiger partial charge in [-0.3, -0.25) is 9.36 Å². The summed E-state index contributed by atoms with van der Waals surface area (Å²) in [4.78, 5) is 29.1. The van der Waals surface area contributed by atoms with Crippen molar-refractivity contribution in [2.24, 2.45) is 5.73 Å². The molecule has 0 aliphatic carbocycles. The van der Waals surface area contributed by atoms with Crippen LogP contribution in [0.3, 0.4) is 0 Å². The summed E-state index contributed by atoms with van der Waals surface area (Å²) in [6, 6.07) is 4.80. The van der Waals surface area contributed by atoms with E-state index in [0.29, 0.717) is 47.7 Å². The molecule has 1 aromatic carbocycles. The summed E-state index contributed by atoms with van der Waals surface area (Å²) >= 11 is 6.19. The maximum absolute atomic E-state index is 12.9. The van der Waals surface area contributed by atoms with Crippen LogP contribution in [0.25, 0.3) is 10.9 Å². The van der Waals surface area contributed by atoms with E-state index in [0.717, 1.165) is 0 Å². The van der Waals surface area contributed by atoms with E-state index < -0.39 is 11.7 Å². The predicted octanol–water partition coefficient (Wildman–Crippen LogP) is 3.37. The van der Waals surface area contributed by atoms with E-state index in [9.17, 15) is 9.59 Å². The van der Waals surface area contributed by atoms with Crippen LogP contribution < -0.4 is 16.6 Å². The number of alkyl carbamates (subject to hydrolysis) is 1. The lowest BCUT2D eigenvalue weighted by Gasteiger charge is -2.19. The predicted molar refractivity (Wildman–Crippen MR) is 107 cm³/mol. The fourth-order valence-corrected chi connectivity index (χ4v) is 2.95. The fraction of sp³-hybridized carbons (Fsp3) is 0.526. The third-order valence-corrected chi connectivity index (χ3v) is 4.16. The van der Waals surface area contributed by atoms with Crippen molar-refractivity contribution >= 4 is 28.6 Å². The number of halogens is 1. The number of ether oxygens (including phenoxy) is 1. The van der Waals surface area contributed by atoms with Gasteiger partial charge in [0.1, 0.15) is 11.4 Å². The Kier molecular flexibility index (Phi) is 6.84. The van der Waals surface area contributed by atoms with E-state index in [2.05, 4.69) is 10.3 Å². The fourth-order valence-electron chi connectivity index (χ4n) is 2.70. The Labute approximate surface area is 163 Å². The van der Waals surface area contributed by atoms with E-state index in [1.54, 1.807) is 29.7 Å². The number of amides is 1. The Morgan fingerprint density at radius 3 is 2.70 bits per heavy atom. The molecule has 0 fully saturated rings. The zero-order valence-corrected chi connectivity index (χ0v) is 17.0. The van der Waals surface area contributed by atoms with E-state index in [4.69, 9.17) is 22.1 Å². The van der Waals surface area contributed by atoms with Gasteiger partial charge in [-0.25, -0.2) is 9.78 Å². The van der Waals surface area contributed by atoms with Gasteiger partial charge in [-0.2, -0.15) is 0 Å². The standard InChI is InChI=1S/C19H27ClN4O3/c1-12(21)16-23-14-9-7-8-13(20)15(14)17(25)24(16)11-6-5-10-22-18(26)27-19(2,3)4/h7-9,12H,5-6,10-11,21H2,1-4H3,(H,22,26)/t12-/m0/s1. The average molecular weight is 395 g/mol. The number of fused-ring (bicyclic) bond motifs is 1. The molecule has 2 aromatic rings. The maximum Gasteiger partial charge on any atom is 0.407 e. The number of unbranched alkanes of at least 4 members (excludes halogenated alkanes) is 1. The summed E-state index contributed by atoms with van der Waals surface area (Å²) < 4.78 is 6.76. The highest BCUT2D eigenvalue weighted by Crippen LogP contribution is 2.20. The Hall–Kier alpha value is -2.12. The Morgan fingerprint density at radius 1 is 1.37 bits per heavy atom. The van der Waals surface area contributed by atoms with Gasteiger partial charge in [0.05, 0.1) is 22.0 Å². The summed E-state index contributed by atoms with van der Waals surface area (Å²) in [5.41, 5.74) is 5.83. The van der Waals surface area contributed by atoms with Gasteiger partial charge in [0.2, 0.25) is 0 Å². The van der Waals surface area contributed by atoms with Gasteiger partial charge in [0, 0.05) is 13.1 Å². The number of benzene rings is 1. The molecule has 148 valence electrons. The average Bonchev–Trinajstić information content (AvgIpc) is 2.54. The van der Waals surface area contributed by atoms with Crippen LogP contribution in [0.5, 0.6) is 0 Å². The van der Waals surface area contributed by atoms with Crippen LogP contribution in [0, 0.1) is 0 Å². The second-order valence-corrected chi connectivity index (χ2v) is 7.89. The monoisotopic (exact) mass is 394 g/mol. The molecule has 27 heavy (non-hydrogen) atoms. The third-order valence-electron chi connectivity index (χ3n) is 3.85. The second-order valence-electron chi connectivity index (χ2n) is 7.49. The molecule has 0 saturated carbocycles. The van der Waals surface area contributed by atoms with Gasteiger partial charge in [0.25, 0.3) is 5.56 Å². The van der Waals surface area contributed by atoms with Crippen LogP contribution >= 0.6 is 11.6 Å². The lowest BCUT2D eigenvalue weighted by Crippen LogP contribution is -2.33. The van der Waals surface area contributed by atoms with Gasteiger partial charge in [-0.1, -0.05) is 17.7 Å². The van der Waals surface area contributed by atoms with Crippen molar-refractivity contribution in [1.82, 2.24) is 14.9 Å². The smallest absolute Gasteiger partial charge is 0.407 e. The van der Waals surface area contributed by atoms with Crippen molar-refractivity contribution in [2.45, 2.75) is 58.7 Å². The van der Waals surface area contributed by atoms with E-state index >= 15 is 0 Å². The lowest BCUT2D eigenvalue weighted by atomic mass is 10.2. The molecular formula is C19H27ClN4O3. The van der Waals surface area contributed by atoms with Crippen LogP contribution in [0.4, 0.5) is 4.79 Å². The number of hydrogen-bond donors (Lipinski definition) is 2. The molecule has 1 atom stereocenters. The molecule has 8 heteroatoms. The number of nitrogens with two attached hydrogens (primary N) is 1. The first-order chi connectivity index (χ1) is 12.6.